The Morgan fingerprint density at radius 3 is 2.68 bits per heavy atom. The molecule has 130 valence electrons. The summed E-state index contributed by atoms with van der Waals surface area (Å²) in [5, 5.41) is 16.2. The minimum absolute atomic E-state index is 0.0883. The molecular weight excluding hydrogens is 390 g/mol. The van der Waals surface area contributed by atoms with Crippen molar-refractivity contribution in [3.8, 4) is 11.5 Å². The van der Waals surface area contributed by atoms with Gasteiger partial charge in [0.15, 0.2) is 11.5 Å². The number of nitrogens with one attached hydrogen (secondary N) is 2. The molecule has 2 aromatic rings. The molecule has 0 aromatic heterocycles. The normalized spacial score (nSPS) is 10.5. The number of carbonyl (C=O) groups is 2. The van der Waals surface area contributed by atoms with Gasteiger partial charge in [-0.15, -0.1) is 0 Å². The van der Waals surface area contributed by atoms with Gasteiger partial charge in [-0.25, -0.2) is 5.43 Å². The predicted octanol–water partition coefficient (Wildman–Crippen LogP) is 2.64. The van der Waals surface area contributed by atoms with Gasteiger partial charge in [-0.2, -0.15) is 5.10 Å². The predicted molar refractivity (Wildman–Crippen MR) is 97.8 cm³/mol. The maximum atomic E-state index is 11.8. The second kappa shape index (κ2) is 8.84. The van der Waals surface area contributed by atoms with Gasteiger partial charge < -0.3 is 15.2 Å². The number of para-hydroxylation sites is 2. The first-order valence-electron chi connectivity index (χ1n) is 7.23. The third-order valence-corrected chi connectivity index (χ3v) is 3.80. The summed E-state index contributed by atoms with van der Waals surface area (Å²) < 4.78 is 5.69. The summed E-state index contributed by atoms with van der Waals surface area (Å²) in [6.07, 6.45) is 0.879. The summed E-state index contributed by atoms with van der Waals surface area (Å²) >= 11 is 3.30. The van der Waals surface area contributed by atoms with Crippen molar-refractivity contribution in [2.24, 2.45) is 5.10 Å². The molecule has 8 heteroatoms. The van der Waals surface area contributed by atoms with Crippen molar-refractivity contribution in [1.82, 2.24) is 5.43 Å². The molecule has 0 atom stereocenters. The minimum Gasteiger partial charge on any atom is -0.504 e. The molecule has 0 saturated carbocycles. The van der Waals surface area contributed by atoms with E-state index in [-0.39, 0.29) is 12.2 Å². The van der Waals surface area contributed by atoms with E-state index in [9.17, 15) is 14.7 Å². The van der Waals surface area contributed by atoms with Crippen molar-refractivity contribution in [3.63, 3.8) is 0 Å². The highest BCUT2D eigenvalue weighted by molar-refractivity contribution is 9.10. The van der Waals surface area contributed by atoms with Gasteiger partial charge in [-0.05, 0) is 40.2 Å². The van der Waals surface area contributed by atoms with Crippen LogP contribution in [-0.2, 0) is 9.59 Å². The lowest BCUT2D eigenvalue weighted by Gasteiger charge is -2.06. The number of carbonyl (C=O) groups excluding carboxylic acids is 2. The van der Waals surface area contributed by atoms with Crippen LogP contribution in [0.25, 0.3) is 0 Å². The van der Waals surface area contributed by atoms with Gasteiger partial charge in [-0.3, -0.25) is 9.59 Å². The summed E-state index contributed by atoms with van der Waals surface area (Å²) in [6, 6.07) is 11.9. The molecular formula is C17H16BrN3O4. The Balaban J connectivity index is 1.88. The van der Waals surface area contributed by atoms with Crippen LogP contribution in [0, 0.1) is 0 Å². The first kappa shape index (κ1) is 18.5. The topological polar surface area (TPSA) is 100 Å². The monoisotopic (exact) mass is 405 g/mol. The first-order chi connectivity index (χ1) is 12.0. The molecule has 7 nitrogen and oxygen atoms in total. The van der Waals surface area contributed by atoms with Crippen molar-refractivity contribution < 1.29 is 19.4 Å². The molecule has 0 aliphatic rings. The zero-order chi connectivity index (χ0) is 18.2. The molecule has 0 aliphatic heterocycles. The Hall–Kier alpha value is -2.87. The number of rotatable bonds is 6. The van der Waals surface area contributed by atoms with E-state index in [1.54, 1.807) is 36.4 Å². The summed E-state index contributed by atoms with van der Waals surface area (Å²) in [6.45, 7) is 0. The van der Waals surface area contributed by atoms with Crippen LogP contribution in [0.2, 0.25) is 0 Å². The first-order valence-corrected chi connectivity index (χ1v) is 8.03. The number of aromatic hydroxyl groups is 1. The number of hydrogen-bond acceptors (Lipinski definition) is 5. The van der Waals surface area contributed by atoms with Gasteiger partial charge in [0.2, 0.25) is 11.8 Å². The maximum Gasteiger partial charge on any atom is 0.249 e. The number of halogens is 1. The van der Waals surface area contributed by atoms with Crippen LogP contribution in [0.15, 0.2) is 52.0 Å². The Bertz CT molecular complexity index is 808. The Labute approximate surface area is 152 Å². The van der Waals surface area contributed by atoms with Crippen LogP contribution in [0.5, 0.6) is 11.5 Å². The molecule has 2 amide bonds. The number of ether oxygens (including phenoxy) is 1. The number of methoxy groups -OCH3 is 1. The molecule has 0 saturated heterocycles. The maximum absolute atomic E-state index is 11.8. The second-order valence-electron chi connectivity index (χ2n) is 4.90. The number of anilines is 1. The third kappa shape index (κ3) is 5.32. The fourth-order valence-corrected chi connectivity index (χ4v) is 2.31. The fraction of sp³-hybridized carbons (Fsp3) is 0.118. The largest absolute Gasteiger partial charge is 0.504 e. The van der Waals surface area contributed by atoms with Crippen LogP contribution in [0.3, 0.4) is 0 Å². The van der Waals surface area contributed by atoms with Gasteiger partial charge >= 0.3 is 0 Å². The Kier molecular flexibility index (Phi) is 6.53. The molecule has 0 radical (unpaired) electrons. The zero-order valence-corrected chi connectivity index (χ0v) is 14.9. The Morgan fingerprint density at radius 1 is 1.20 bits per heavy atom. The molecule has 25 heavy (non-hydrogen) atoms. The molecule has 0 heterocycles. The fourth-order valence-electron chi connectivity index (χ4n) is 1.92. The Morgan fingerprint density at radius 2 is 1.96 bits per heavy atom. The average Bonchev–Trinajstić information content (AvgIpc) is 2.58. The zero-order valence-electron chi connectivity index (χ0n) is 13.3. The molecule has 0 spiro atoms. The summed E-state index contributed by atoms with van der Waals surface area (Å²) in [5.74, 6) is -0.843. The van der Waals surface area contributed by atoms with E-state index in [4.69, 9.17) is 4.74 Å². The number of hydrazone groups is 1. The summed E-state index contributed by atoms with van der Waals surface area (Å²) in [5.41, 5.74) is 3.18. The van der Waals surface area contributed by atoms with Crippen molar-refractivity contribution >= 4 is 39.6 Å². The van der Waals surface area contributed by atoms with Gasteiger partial charge in [0.25, 0.3) is 0 Å². The second-order valence-corrected chi connectivity index (χ2v) is 5.75. The lowest BCUT2D eigenvalue weighted by atomic mass is 10.2. The van der Waals surface area contributed by atoms with Crippen LogP contribution in [-0.4, -0.2) is 30.2 Å². The van der Waals surface area contributed by atoms with E-state index < -0.39 is 11.8 Å². The van der Waals surface area contributed by atoms with E-state index in [1.165, 1.54) is 13.3 Å². The van der Waals surface area contributed by atoms with Crippen LogP contribution in [0.4, 0.5) is 5.69 Å². The van der Waals surface area contributed by atoms with E-state index in [2.05, 4.69) is 31.8 Å². The number of nitrogens with zero attached hydrogens (tertiary/aromatic N) is 1. The van der Waals surface area contributed by atoms with Crippen molar-refractivity contribution in [1.29, 1.82) is 0 Å². The van der Waals surface area contributed by atoms with Crippen LogP contribution >= 0.6 is 15.9 Å². The van der Waals surface area contributed by atoms with Crippen LogP contribution < -0.4 is 15.5 Å². The molecule has 2 rings (SSSR count). The highest BCUT2D eigenvalue weighted by Gasteiger charge is 2.10. The highest BCUT2D eigenvalue weighted by Crippen LogP contribution is 2.27. The van der Waals surface area contributed by atoms with E-state index in [0.717, 1.165) is 4.47 Å². The van der Waals surface area contributed by atoms with Crippen molar-refractivity contribution in [3.05, 3.63) is 52.5 Å². The molecule has 0 bridgehead atoms. The van der Waals surface area contributed by atoms with E-state index >= 15 is 0 Å². The number of amides is 2. The lowest BCUT2D eigenvalue weighted by molar-refractivity contribution is -0.126. The molecule has 0 unspecified atom stereocenters. The van der Waals surface area contributed by atoms with Gasteiger partial charge in [0, 0.05) is 10.0 Å². The average molecular weight is 406 g/mol. The van der Waals surface area contributed by atoms with E-state index in [1.807, 2.05) is 6.07 Å². The molecule has 2 aromatic carbocycles. The molecule has 0 fully saturated rings. The number of hydrogen-bond donors (Lipinski definition) is 3. The standard InChI is InChI=1S/C17H16BrN3O4/c1-25-14-8-4-5-11(17(14)24)10-19-21-16(23)9-15(22)20-13-7-3-2-6-12(13)18/h2-8,10,24H,9H2,1H3,(H,20,22)(H,21,23). The van der Waals surface area contributed by atoms with Gasteiger partial charge in [0.1, 0.15) is 6.42 Å². The highest BCUT2D eigenvalue weighted by atomic mass is 79.9. The molecule has 0 aliphatic carbocycles. The SMILES string of the molecule is COc1cccc(C=NNC(=O)CC(=O)Nc2ccccc2Br)c1O. The number of phenolic OH excluding ortho intramolecular Hbond substituents is 1. The minimum atomic E-state index is -0.580. The smallest absolute Gasteiger partial charge is 0.249 e. The lowest BCUT2D eigenvalue weighted by Crippen LogP contribution is -2.24. The van der Waals surface area contributed by atoms with Gasteiger partial charge in [0.05, 0.1) is 19.0 Å². The third-order valence-electron chi connectivity index (χ3n) is 3.11. The number of phenols is 1. The molecule has 3 N–H and O–H groups in total. The number of benzene rings is 2. The summed E-state index contributed by atoms with van der Waals surface area (Å²) in [4.78, 5) is 23.6. The van der Waals surface area contributed by atoms with Crippen LogP contribution in [0.1, 0.15) is 12.0 Å². The van der Waals surface area contributed by atoms with E-state index in [0.29, 0.717) is 17.0 Å². The van der Waals surface area contributed by atoms with Gasteiger partial charge in [-0.1, -0.05) is 18.2 Å². The quantitative estimate of drug-likeness (QED) is 0.390. The van der Waals surface area contributed by atoms with Crippen molar-refractivity contribution in [2.75, 3.05) is 12.4 Å². The van der Waals surface area contributed by atoms with Crippen molar-refractivity contribution in [2.45, 2.75) is 6.42 Å². The summed E-state index contributed by atoms with van der Waals surface area (Å²) in [7, 11) is 1.43.